The Morgan fingerprint density at radius 1 is 1.19 bits per heavy atom. The summed E-state index contributed by atoms with van der Waals surface area (Å²) in [6, 6.07) is 12.5. The largest absolute Gasteiger partial charge is 0.372 e. The van der Waals surface area contributed by atoms with Gasteiger partial charge in [-0.1, -0.05) is 30.3 Å². The van der Waals surface area contributed by atoms with Crippen molar-refractivity contribution < 1.29 is 4.74 Å². The molecule has 2 fully saturated rings. The number of morpholine rings is 1. The van der Waals surface area contributed by atoms with Crippen LogP contribution in [0.2, 0.25) is 0 Å². The van der Waals surface area contributed by atoms with Gasteiger partial charge in [0.15, 0.2) is 0 Å². The first kappa shape index (κ1) is 18.0. The molecule has 3 heterocycles. The molecule has 1 N–H and O–H groups in total. The second-order valence-electron chi connectivity index (χ2n) is 7.77. The molecule has 144 valence electrons. The lowest BCUT2D eigenvalue weighted by atomic mass is 10.0. The number of aromatic amines is 1. The summed E-state index contributed by atoms with van der Waals surface area (Å²) in [4.78, 5) is 24.6. The second kappa shape index (κ2) is 7.72. The molecular weight excluding hydrogens is 340 g/mol. The van der Waals surface area contributed by atoms with E-state index in [1.807, 2.05) is 6.07 Å². The number of aromatic nitrogens is 2. The molecule has 2 saturated heterocycles. The molecule has 0 amide bonds. The summed E-state index contributed by atoms with van der Waals surface area (Å²) in [5.74, 6) is 1.45. The maximum absolute atomic E-state index is 12.4. The van der Waals surface area contributed by atoms with Gasteiger partial charge in [-0.3, -0.25) is 9.78 Å². The van der Waals surface area contributed by atoms with Crippen LogP contribution in [0.15, 0.2) is 41.2 Å². The number of nitrogens with zero attached hydrogens (tertiary/aromatic N) is 3. The number of H-pyrrole nitrogens is 1. The van der Waals surface area contributed by atoms with E-state index in [1.54, 1.807) is 6.07 Å². The molecule has 2 aromatic rings. The molecule has 2 aliphatic heterocycles. The molecule has 6 nitrogen and oxygen atoms in total. The molecule has 0 aliphatic carbocycles. The van der Waals surface area contributed by atoms with Crippen LogP contribution in [-0.4, -0.2) is 47.9 Å². The van der Waals surface area contributed by atoms with Gasteiger partial charge >= 0.3 is 0 Å². The van der Waals surface area contributed by atoms with E-state index in [1.165, 1.54) is 5.56 Å². The monoisotopic (exact) mass is 368 g/mol. The molecule has 0 saturated carbocycles. The van der Waals surface area contributed by atoms with Crippen LogP contribution >= 0.6 is 0 Å². The Kier molecular flexibility index (Phi) is 5.16. The van der Waals surface area contributed by atoms with Gasteiger partial charge < -0.3 is 14.5 Å². The van der Waals surface area contributed by atoms with Gasteiger partial charge in [0.25, 0.3) is 5.56 Å². The minimum Gasteiger partial charge on any atom is -0.372 e. The van der Waals surface area contributed by atoms with Gasteiger partial charge in [-0.15, -0.1) is 0 Å². The highest BCUT2D eigenvalue weighted by Gasteiger charge is 2.28. The highest BCUT2D eigenvalue weighted by atomic mass is 16.5. The highest BCUT2D eigenvalue weighted by Crippen LogP contribution is 2.26. The number of hydrogen-bond donors (Lipinski definition) is 1. The average molecular weight is 368 g/mol. The van der Waals surface area contributed by atoms with Crippen LogP contribution in [0, 0.1) is 0 Å². The Hall–Kier alpha value is -2.34. The maximum Gasteiger partial charge on any atom is 0.254 e. The fourth-order valence-corrected chi connectivity index (χ4v) is 4.31. The quantitative estimate of drug-likeness (QED) is 0.899. The summed E-state index contributed by atoms with van der Waals surface area (Å²) in [5.41, 5.74) is 1.23. The normalized spacial score (nSPS) is 25.8. The van der Waals surface area contributed by atoms with E-state index in [9.17, 15) is 4.79 Å². The van der Waals surface area contributed by atoms with Crippen molar-refractivity contribution in [2.24, 2.45) is 0 Å². The molecule has 0 spiro atoms. The van der Waals surface area contributed by atoms with Gasteiger partial charge in [0, 0.05) is 31.7 Å². The van der Waals surface area contributed by atoms with Crippen LogP contribution in [-0.2, 0) is 11.2 Å². The van der Waals surface area contributed by atoms with Gasteiger partial charge in [-0.2, -0.15) is 4.98 Å². The van der Waals surface area contributed by atoms with Gasteiger partial charge in [-0.25, -0.2) is 0 Å². The smallest absolute Gasteiger partial charge is 0.254 e. The third-order valence-corrected chi connectivity index (χ3v) is 5.42. The van der Waals surface area contributed by atoms with Crippen molar-refractivity contribution in [1.29, 1.82) is 0 Å². The first-order valence-electron chi connectivity index (χ1n) is 9.91. The molecule has 6 heteroatoms. The van der Waals surface area contributed by atoms with E-state index in [0.29, 0.717) is 12.0 Å². The number of ether oxygens (including phenoxy) is 1. The molecule has 3 atom stereocenters. The zero-order valence-electron chi connectivity index (χ0n) is 16.1. The predicted molar refractivity (Wildman–Crippen MR) is 108 cm³/mol. The Morgan fingerprint density at radius 3 is 2.67 bits per heavy atom. The van der Waals surface area contributed by atoms with Crippen molar-refractivity contribution in [2.45, 2.75) is 51.4 Å². The van der Waals surface area contributed by atoms with Crippen LogP contribution in [0.1, 0.15) is 32.3 Å². The van der Waals surface area contributed by atoms with Crippen molar-refractivity contribution in [1.82, 2.24) is 9.97 Å². The Labute approximate surface area is 160 Å². The van der Waals surface area contributed by atoms with Crippen molar-refractivity contribution in [2.75, 3.05) is 29.4 Å². The Balaban J connectivity index is 1.57. The average Bonchev–Trinajstić information content (AvgIpc) is 3.09. The van der Waals surface area contributed by atoms with Crippen molar-refractivity contribution in [3.05, 3.63) is 52.3 Å². The summed E-state index contributed by atoms with van der Waals surface area (Å²) in [6.07, 6.45) is 3.48. The van der Waals surface area contributed by atoms with Gasteiger partial charge in [0.2, 0.25) is 5.95 Å². The zero-order valence-corrected chi connectivity index (χ0v) is 16.1. The third-order valence-electron chi connectivity index (χ3n) is 5.42. The summed E-state index contributed by atoms with van der Waals surface area (Å²) < 4.78 is 5.82. The van der Waals surface area contributed by atoms with Crippen LogP contribution in [0.4, 0.5) is 11.8 Å². The van der Waals surface area contributed by atoms with Crippen molar-refractivity contribution in [3.8, 4) is 0 Å². The zero-order chi connectivity index (χ0) is 18.8. The van der Waals surface area contributed by atoms with Crippen molar-refractivity contribution in [3.63, 3.8) is 0 Å². The molecule has 1 aromatic heterocycles. The van der Waals surface area contributed by atoms with E-state index >= 15 is 0 Å². The number of hydrogen-bond acceptors (Lipinski definition) is 5. The fourth-order valence-electron chi connectivity index (χ4n) is 4.31. The molecule has 4 rings (SSSR count). The Bertz CT molecular complexity index is 812. The van der Waals surface area contributed by atoms with E-state index in [-0.39, 0.29) is 17.8 Å². The second-order valence-corrected chi connectivity index (χ2v) is 7.77. The van der Waals surface area contributed by atoms with E-state index in [0.717, 1.165) is 44.7 Å². The van der Waals surface area contributed by atoms with Gasteiger partial charge in [0.1, 0.15) is 5.82 Å². The molecule has 0 bridgehead atoms. The summed E-state index contributed by atoms with van der Waals surface area (Å²) in [5, 5.41) is 0. The van der Waals surface area contributed by atoms with Crippen LogP contribution < -0.4 is 15.4 Å². The van der Waals surface area contributed by atoms with Gasteiger partial charge in [-0.05, 0) is 38.7 Å². The standard InChI is InChI=1S/C21H28N4O2/c1-15-13-24(14-16(2)27-15)19-12-20(26)23-21(22-19)25-10-6-9-18(25)11-17-7-4-3-5-8-17/h3-5,7-8,12,15-16,18H,6,9-11,13-14H2,1-2H3,(H,22,23,26)/t15-,16-,18-/m0/s1. The minimum absolute atomic E-state index is 0.0906. The first-order chi connectivity index (χ1) is 13.1. The maximum atomic E-state index is 12.4. The highest BCUT2D eigenvalue weighted by molar-refractivity contribution is 5.45. The Morgan fingerprint density at radius 2 is 1.93 bits per heavy atom. The molecule has 2 aliphatic rings. The lowest BCUT2D eigenvalue weighted by Gasteiger charge is -2.36. The van der Waals surface area contributed by atoms with E-state index in [2.05, 4.69) is 52.9 Å². The molecular formula is C21H28N4O2. The van der Waals surface area contributed by atoms with Crippen LogP contribution in [0.25, 0.3) is 0 Å². The molecule has 1 aromatic carbocycles. The number of anilines is 2. The van der Waals surface area contributed by atoms with Gasteiger partial charge in [0.05, 0.1) is 12.2 Å². The molecule has 0 radical (unpaired) electrons. The summed E-state index contributed by atoms with van der Waals surface area (Å²) in [6.45, 7) is 6.57. The van der Waals surface area contributed by atoms with E-state index in [4.69, 9.17) is 9.72 Å². The lowest BCUT2D eigenvalue weighted by Crippen LogP contribution is -2.46. The number of benzene rings is 1. The molecule has 27 heavy (non-hydrogen) atoms. The summed E-state index contributed by atoms with van der Waals surface area (Å²) >= 11 is 0. The lowest BCUT2D eigenvalue weighted by molar-refractivity contribution is -0.00546. The predicted octanol–water partition coefficient (Wildman–Crippen LogP) is 2.60. The topological polar surface area (TPSA) is 61.5 Å². The van der Waals surface area contributed by atoms with Crippen molar-refractivity contribution >= 4 is 11.8 Å². The van der Waals surface area contributed by atoms with E-state index < -0.39 is 0 Å². The fraction of sp³-hybridized carbons (Fsp3) is 0.524. The van der Waals surface area contributed by atoms with Crippen LogP contribution in [0.5, 0.6) is 0 Å². The third kappa shape index (κ3) is 4.16. The first-order valence-corrected chi connectivity index (χ1v) is 9.91. The summed E-state index contributed by atoms with van der Waals surface area (Å²) in [7, 11) is 0. The number of rotatable bonds is 4. The minimum atomic E-state index is -0.0906. The SMILES string of the molecule is C[C@H]1CN(c2cc(=O)[nH]c(N3CCC[C@H]3Cc3ccccc3)n2)C[C@H](C)O1. The number of nitrogens with one attached hydrogen (secondary N) is 1. The molecule has 0 unspecified atom stereocenters. The van der Waals surface area contributed by atoms with Crippen LogP contribution in [0.3, 0.4) is 0 Å².